The Labute approximate surface area is 170 Å². The van der Waals surface area contributed by atoms with Gasteiger partial charge in [-0.25, -0.2) is 15.0 Å². The molecule has 1 aliphatic heterocycles. The van der Waals surface area contributed by atoms with Crippen molar-refractivity contribution in [3.8, 4) is 17.1 Å². The number of aromatic nitrogens is 4. The van der Waals surface area contributed by atoms with Gasteiger partial charge in [-0.1, -0.05) is 26.0 Å². The second kappa shape index (κ2) is 7.66. The van der Waals surface area contributed by atoms with E-state index in [1.807, 2.05) is 12.1 Å². The Hall–Kier alpha value is -3.22. The maximum absolute atomic E-state index is 12.9. The third-order valence-electron chi connectivity index (χ3n) is 5.15. The summed E-state index contributed by atoms with van der Waals surface area (Å²) >= 11 is 0. The van der Waals surface area contributed by atoms with Gasteiger partial charge in [0.25, 0.3) is 5.56 Å². The van der Waals surface area contributed by atoms with Crippen LogP contribution < -0.4 is 15.2 Å². The molecule has 0 radical (unpaired) electrons. The third-order valence-corrected chi connectivity index (χ3v) is 5.15. The van der Waals surface area contributed by atoms with E-state index in [4.69, 9.17) is 9.72 Å². The molecule has 2 aromatic heterocycles. The Kier molecular flexibility index (Phi) is 5.05. The SMILES string of the molecule is COc1ccc(CCN2CC(C)(C)Cn3c2nc(-c2ccncn2)cc3=O)cc1. The maximum atomic E-state index is 12.9. The molecule has 3 heterocycles. The third kappa shape index (κ3) is 4.13. The van der Waals surface area contributed by atoms with Crippen LogP contribution in [0.25, 0.3) is 11.4 Å². The molecule has 0 bridgehead atoms. The van der Waals surface area contributed by atoms with E-state index < -0.39 is 0 Å². The first-order chi connectivity index (χ1) is 13.9. The smallest absolute Gasteiger partial charge is 0.255 e. The Morgan fingerprint density at radius 3 is 2.59 bits per heavy atom. The summed E-state index contributed by atoms with van der Waals surface area (Å²) in [5, 5.41) is 0. The normalized spacial score (nSPS) is 15.1. The van der Waals surface area contributed by atoms with Crippen LogP contribution in [0, 0.1) is 5.41 Å². The van der Waals surface area contributed by atoms with E-state index in [-0.39, 0.29) is 11.0 Å². The van der Waals surface area contributed by atoms with E-state index in [1.165, 1.54) is 11.9 Å². The summed E-state index contributed by atoms with van der Waals surface area (Å²) in [5.74, 6) is 1.56. The predicted octanol–water partition coefficient (Wildman–Crippen LogP) is 2.80. The molecule has 4 rings (SSSR count). The molecule has 0 saturated carbocycles. The van der Waals surface area contributed by atoms with Gasteiger partial charge < -0.3 is 9.64 Å². The lowest BCUT2D eigenvalue weighted by Gasteiger charge is -2.40. The van der Waals surface area contributed by atoms with Crippen molar-refractivity contribution in [2.75, 3.05) is 25.1 Å². The topological polar surface area (TPSA) is 73.1 Å². The van der Waals surface area contributed by atoms with Crippen molar-refractivity contribution >= 4 is 5.95 Å². The molecule has 29 heavy (non-hydrogen) atoms. The van der Waals surface area contributed by atoms with Gasteiger partial charge in [-0.15, -0.1) is 0 Å². The standard InChI is InChI=1S/C22H25N5O2/c1-22(2)13-26(11-9-16-4-6-17(29-3)7-5-16)21-25-19(12-20(28)27(21)14-22)18-8-10-23-15-24-18/h4-8,10,12,15H,9,11,13-14H2,1-3H3. The van der Waals surface area contributed by atoms with E-state index in [9.17, 15) is 4.79 Å². The highest BCUT2D eigenvalue weighted by Crippen LogP contribution is 2.30. The van der Waals surface area contributed by atoms with Gasteiger partial charge in [-0.05, 0) is 30.2 Å². The van der Waals surface area contributed by atoms with Gasteiger partial charge in [0.15, 0.2) is 0 Å². The summed E-state index contributed by atoms with van der Waals surface area (Å²) in [6.07, 6.45) is 3.98. The first-order valence-electron chi connectivity index (χ1n) is 9.71. The van der Waals surface area contributed by atoms with Crippen molar-refractivity contribution in [2.24, 2.45) is 5.41 Å². The summed E-state index contributed by atoms with van der Waals surface area (Å²) in [5.41, 5.74) is 2.38. The molecule has 0 atom stereocenters. The van der Waals surface area contributed by atoms with Crippen molar-refractivity contribution in [3.05, 3.63) is 64.8 Å². The molecule has 3 aromatic rings. The van der Waals surface area contributed by atoms with Crippen LogP contribution in [0.1, 0.15) is 19.4 Å². The zero-order chi connectivity index (χ0) is 20.4. The first-order valence-corrected chi connectivity index (χ1v) is 9.71. The fourth-order valence-corrected chi connectivity index (χ4v) is 3.76. The van der Waals surface area contributed by atoms with Gasteiger partial charge in [0.2, 0.25) is 5.95 Å². The molecule has 0 N–H and O–H groups in total. The number of hydrogen-bond acceptors (Lipinski definition) is 6. The average Bonchev–Trinajstić information content (AvgIpc) is 2.73. The molecule has 1 aliphatic rings. The summed E-state index contributed by atoms with van der Waals surface area (Å²) in [6, 6.07) is 11.4. The van der Waals surface area contributed by atoms with Crippen molar-refractivity contribution in [2.45, 2.75) is 26.8 Å². The van der Waals surface area contributed by atoms with Crippen LogP contribution in [0.15, 0.2) is 53.7 Å². The Morgan fingerprint density at radius 1 is 1.10 bits per heavy atom. The molecule has 0 spiro atoms. The largest absolute Gasteiger partial charge is 0.497 e. The van der Waals surface area contributed by atoms with Crippen LogP contribution in [-0.2, 0) is 13.0 Å². The van der Waals surface area contributed by atoms with Crippen LogP contribution in [0.2, 0.25) is 0 Å². The van der Waals surface area contributed by atoms with Crippen molar-refractivity contribution in [3.63, 3.8) is 0 Å². The highest BCUT2D eigenvalue weighted by atomic mass is 16.5. The number of ether oxygens (including phenoxy) is 1. The van der Waals surface area contributed by atoms with Crippen LogP contribution in [-0.4, -0.2) is 39.7 Å². The quantitative estimate of drug-likeness (QED) is 0.666. The molecule has 0 amide bonds. The molecule has 0 fully saturated rings. The van der Waals surface area contributed by atoms with E-state index in [1.54, 1.807) is 30.0 Å². The zero-order valence-corrected chi connectivity index (χ0v) is 17.0. The second-order valence-corrected chi connectivity index (χ2v) is 8.14. The van der Waals surface area contributed by atoms with E-state index in [2.05, 4.69) is 40.8 Å². The lowest BCUT2D eigenvalue weighted by atomic mass is 9.91. The predicted molar refractivity (Wildman–Crippen MR) is 112 cm³/mol. The van der Waals surface area contributed by atoms with Crippen LogP contribution >= 0.6 is 0 Å². The number of rotatable bonds is 5. The summed E-state index contributed by atoms with van der Waals surface area (Å²) in [7, 11) is 1.67. The highest BCUT2D eigenvalue weighted by Gasteiger charge is 2.32. The zero-order valence-electron chi connectivity index (χ0n) is 17.0. The van der Waals surface area contributed by atoms with Gasteiger partial charge >= 0.3 is 0 Å². The number of fused-ring (bicyclic) bond motifs is 1. The summed E-state index contributed by atoms with van der Waals surface area (Å²) < 4.78 is 7.02. The number of benzene rings is 1. The Morgan fingerprint density at radius 2 is 1.90 bits per heavy atom. The molecule has 0 aliphatic carbocycles. The molecule has 0 unspecified atom stereocenters. The molecule has 150 valence electrons. The summed E-state index contributed by atoms with van der Waals surface area (Å²) in [4.78, 5) is 28.1. The summed E-state index contributed by atoms with van der Waals surface area (Å²) in [6.45, 7) is 6.62. The van der Waals surface area contributed by atoms with Gasteiger partial charge in [-0.3, -0.25) is 9.36 Å². The average molecular weight is 391 g/mol. The van der Waals surface area contributed by atoms with Gasteiger partial charge in [0.1, 0.15) is 12.1 Å². The minimum Gasteiger partial charge on any atom is -0.497 e. The van der Waals surface area contributed by atoms with Gasteiger partial charge in [0.05, 0.1) is 18.5 Å². The second-order valence-electron chi connectivity index (χ2n) is 8.14. The van der Waals surface area contributed by atoms with Crippen LogP contribution in [0.3, 0.4) is 0 Å². The fraction of sp³-hybridized carbons (Fsp3) is 0.364. The fourth-order valence-electron chi connectivity index (χ4n) is 3.76. The van der Waals surface area contributed by atoms with Gasteiger partial charge in [0, 0.05) is 37.3 Å². The van der Waals surface area contributed by atoms with Crippen LogP contribution in [0.5, 0.6) is 5.75 Å². The maximum Gasteiger partial charge on any atom is 0.255 e. The lowest BCUT2D eigenvalue weighted by molar-refractivity contribution is 0.274. The number of anilines is 1. The number of methoxy groups -OCH3 is 1. The molecule has 1 aromatic carbocycles. The van der Waals surface area contributed by atoms with E-state index >= 15 is 0 Å². The van der Waals surface area contributed by atoms with Crippen molar-refractivity contribution < 1.29 is 4.74 Å². The van der Waals surface area contributed by atoms with Crippen LogP contribution in [0.4, 0.5) is 5.95 Å². The lowest BCUT2D eigenvalue weighted by Crippen LogP contribution is -2.48. The monoisotopic (exact) mass is 391 g/mol. The molecular weight excluding hydrogens is 366 g/mol. The minimum absolute atomic E-state index is 0.0190. The highest BCUT2D eigenvalue weighted by molar-refractivity contribution is 5.55. The van der Waals surface area contributed by atoms with Gasteiger partial charge in [-0.2, -0.15) is 0 Å². The Balaban J connectivity index is 1.66. The molecular formula is C22H25N5O2. The first kappa shape index (κ1) is 19.1. The van der Waals surface area contributed by atoms with E-state index in [0.717, 1.165) is 25.3 Å². The van der Waals surface area contributed by atoms with Crippen molar-refractivity contribution in [1.29, 1.82) is 0 Å². The van der Waals surface area contributed by atoms with E-state index in [0.29, 0.717) is 23.9 Å². The van der Waals surface area contributed by atoms with Crippen molar-refractivity contribution in [1.82, 2.24) is 19.5 Å². The minimum atomic E-state index is -0.0502. The molecule has 7 nitrogen and oxygen atoms in total. The molecule has 0 saturated heterocycles. The Bertz CT molecular complexity index is 1050. The molecule has 7 heteroatoms. The number of nitrogens with zero attached hydrogens (tertiary/aromatic N) is 5. The number of hydrogen-bond donors (Lipinski definition) is 0.